The Hall–Kier alpha value is -1.09. The average molecular weight is 125 g/mol. The number of carbonyl (C=O) groups is 1. The fourth-order valence-corrected chi connectivity index (χ4v) is 0.480. The van der Waals surface area contributed by atoms with Crippen LogP contribution in [0.1, 0.15) is 0 Å². The summed E-state index contributed by atoms with van der Waals surface area (Å²) in [5.41, 5.74) is 2.46. The third-order valence-electron chi connectivity index (χ3n) is 0.861. The topological polar surface area (TPSA) is 38.3 Å². The van der Waals surface area contributed by atoms with Crippen LogP contribution in [-0.4, -0.2) is 12.4 Å². The van der Waals surface area contributed by atoms with Crippen LogP contribution in [0.3, 0.4) is 0 Å². The highest BCUT2D eigenvalue weighted by molar-refractivity contribution is 5.99. The number of carbonyl (C=O) groups excluding carboxylic acids is 1. The van der Waals surface area contributed by atoms with Crippen molar-refractivity contribution in [1.82, 2.24) is 5.48 Å². The third kappa shape index (κ3) is 2.10. The van der Waals surface area contributed by atoms with E-state index in [1.807, 2.05) is 0 Å². The van der Waals surface area contributed by atoms with E-state index < -0.39 is 0 Å². The zero-order valence-electron chi connectivity index (χ0n) is 4.83. The van der Waals surface area contributed by atoms with Crippen LogP contribution in [0, 0.1) is 0 Å². The minimum atomic E-state index is -0.0224. The molecule has 0 radical (unpaired) electrons. The molecule has 0 saturated heterocycles. The first-order valence-electron chi connectivity index (χ1n) is 2.64. The molecule has 9 heavy (non-hydrogen) atoms. The van der Waals surface area contributed by atoms with E-state index in [0.717, 1.165) is 0 Å². The Bertz CT molecular complexity index is 144. The first-order valence-corrected chi connectivity index (χ1v) is 2.64. The lowest BCUT2D eigenvalue weighted by Crippen LogP contribution is -2.09. The molecule has 0 amide bonds. The molecule has 0 aromatic rings. The van der Waals surface area contributed by atoms with Crippen molar-refractivity contribution in [2.45, 2.75) is 0 Å². The normalized spacial score (nSPS) is 25.6. The molecule has 0 saturated carbocycles. The van der Waals surface area contributed by atoms with Crippen molar-refractivity contribution >= 4 is 5.78 Å². The molecule has 0 bridgehead atoms. The summed E-state index contributed by atoms with van der Waals surface area (Å²) in [5.74, 6) is -0.0224. The van der Waals surface area contributed by atoms with Crippen LogP contribution in [-0.2, 0) is 9.63 Å². The average Bonchev–Trinajstić information content (AvgIpc) is 1.79. The molecular formula is C6H7NO2. The van der Waals surface area contributed by atoms with Gasteiger partial charge in [-0.3, -0.25) is 15.1 Å². The maximum atomic E-state index is 10.6. The van der Waals surface area contributed by atoms with Crippen molar-refractivity contribution < 1.29 is 9.63 Å². The van der Waals surface area contributed by atoms with Gasteiger partial charge in [0.2, 0.25) is 0 Å². The van der Waals surface area contributed by atoms with Crippen LogP contribution in [0.2, 0.25) is 0 Å². The van der Waals surface area contributed by atoms with E-state index in [4.69, 9.17) is 4.84 Å². The molecule has 1 aliphatic heterocycles. The van der Waals surface area contributed by atoms with Crippen LogP contribution in [0.4, 0.5) is 0 Å². The van der Waals surface area contributed by atoms with Gasteiger partial charge >= 0.3 is 0 Å². The zero-order valence-corrected chi connectivity index (χ0v) is 4.83. The second kappa shape index (κ2) is 3.04. The van der Waals surface area contributed by atoms with E-state index in [9.17, 15) is 4.79 Å². The second-order valence-corrected chi connectivity index (χ2v) is 1.57. The van der Waals surface area contributed by atoms with Crippen molar-refractivity contribution in [3.63, 3.8) is 0 Å². The van der Waals surface area contributed by atoms with Gasteiger partial charge in [-0.1, -0.05) is 6.08 Å². The summed E-state index contributed by atoms with van der Waals surface area (Å²) in [4.78, 5) is 15.3. The Morgan fingerprint density at radius 2 is 2.44 bits per heavy atom. The molecule has 3 heteroatoms. The lowest BCUT2D eigenvalue weighted by atomic mass is 10.3. The van der Waals surface area contributed by atoms with Crippen LogP contribution in [0.5, 0.6) is 0 Å². The van der Waals surface area contributed by atoms with Crippen LogP contribution in [0.25, 0.3) is 0 Å². The van der Waals surface area contributed by atoms with E-state index in [0.29, 0.717) is 6.61 Å². The lowest BCUT2D eigenvalue weighted by molar-refractivity contribution is -0.110. The van der Waals surface area contributed by atoms with E-state index in [-0.39, 0.29) is 5.78 Å². The molecule has 48 valence electrons. The summed E-state index contributed by atoms with van der Waals surface area (Å²) in [6.45, 7) is 0.427. The summed E-state index contributed by atoms with van der Waals surface area (Å²) in [7, 11) is 0. The minimum absolute atomic E-state index is 0.0224. The van der Waals surface area contributed by atoms with Crippen molar-refractivity contribution in [3.8, 4) is 0 Å². The minimum Gasteiger partial charge on any atom is -0.290 e. The largest absolute Gasteiger partial charge is 0.290 e. The van der Waals surface area contributed by atoms with Gasteiger partial charge in [0, 0.05) is 12.3 Å². The predicted molar refractivity (Wildman–Crippen MR) is 32.4 cm³/mol. The molecule has 0 fully saturated rings. The first-order chi connectivity index (χ1) is 4.39. The SMILES string of the molecule is O=C1/C=C\CON/C=C\1. The van der Waals surface area contributed by atoms with Gasteiger partial charge in [-0.2, -0.15) is 0 Å². The zero-order chi connectivity index (χ0) is 6.53. The van der Waals surface area contributed by atoms with Crippen molar-refractivity contribution in [3.05, 3.63) is 24.4 Å². The quantitative estimate of drug-likeness (QED) is 0.501. The molecule has 0 aromatic carbocycles. The van der Waals surface area contributed by atoms with Gasteiger partial charge in [0.05, 0.1) is 6.61 Å². The molecular weight excluding hydrogens is 118 g/mol. The maximum Gasteiger partial charge on any atom is 0.179 e. The van der Waals surface area contributed by atoms with Crippen molar-refractivity contribution in [2.24, 2.45) is 0 Å². The van der Waals surface area contributed by atoms with Gasteiger partial charge in [0.25, 0.3) is 0 Å². The van der Waals surface area contributed by atoms with Gasteiger partial charge in [-0.25, -0.2) is 0 Å². The molecule has 0 unspecified atom stereocenters. The predicted octanol–water partition coefficient (Wildman–Crippen LogP) is 0.160. The van der Waals surface area contributed by atoms with Gasteiger partial charge in [0.15, 0.2) is 5.78 Å². The molecule has 1 aliphatic rings. The van der Waals surface area contributed by atoms with Gasteiger partial charge in [0.1, 0.15) is 0 Å². The summed E-state index contributed by atoms with van der Waals surface area (Å²) >= 11 is 0. The number of hydrogen-bond acceptors (Lipinski definition) is 3. The highest BCUT2D eigenvalue weighted by Gasteiger charge is 1.89. The highest BCUT2D eigenvalue weighted by atomic mass is 16.6. The standard InChI is InChI=1S/C6H7NO2/c8-6-2-1-5-9-7-4-3-6/h1-4,7H,5H2/b2-1-,4-3-. The molecule has 3 nitrogen and oxygen atoms in total. The molecule has 1 rings (SSSR count). The highest BCUT2D eigenvalue weighted by Crippen LogP contribution is 1.84. The summed E-state index contributed by atoms with van der Waals surface area (Å²) in [6, 6.07) is 0. The monoisotopic (exact) mass is 125 g/mol. The molecule has 1 heterocycles. The van der Waals surface area contributed by atoms with Gasteiger partial charge < -0.3 is 0 Å². The maximum absolute atomic E-state index is 10.6. The molecule has 0 aromatic heterocycles. The van der Waals surface area contributed by atoms with E-state index in [2.05, 4.69) is 5.48 Å². The molecule has 1 N–H and O–H groups in total. The van der Waals surface area contributed by atoms with Crippen LogP contribution >= 0.6 is 0 Å². The first kappa shape index (κ1) is 6.04. The number of nitrogens with one attached hydrogen (secondary N) is 1. The number of hydrogen-bond donors (Lipinski definition) is 1. The van der Waals surface area contributed by atoms with Gasteiger partial charge in [-0.15, -0.1) is 0 Å². The Balaban J connectivity index is 2.55. The van der Waals surface area contributed by atoms with Crippen LogP contribution in [0.15, 0.2) is 24.4 Å². The fourth-order valence-electron chi connectivity index (χ4n) is 0.480. The Kier molecular flexibility index (Phi) is 2.04. The Morgan fingerprint density at radius 3 is 3.33 bits per heavy atom. The lowest BCUT2D eigenvalue weighted by Gasteiger charge is -1.98. The van der Waals surface area contributed by atoms with Crippen molar-refractivity contribution in [1.29, 1.82) is 0 Å². The number of ketones is 1. The fraction of sp³-hybridized carbons (Fsp3) is 0.167. The molecule has 0 atom stereocenters. The molecule has 0 aliphatic carbocycles. The Labute approximate surface area is 53.0 Å². The number of rotatable bonds is 0. The summed E-state index contributed by atoms with van der Waals surface area (Å²) < 4.78 is 0. The number of allylic oxidation sites excluding steroid dienone is 2. The van der Waals surface area contributed by atoms with Gasteiger partial charge in [-0.05, 0) is 6.08 Å². The van der Waals surface area contributed by atoms with Crippen LogP contribution < -0.4 is 5.48 Å². The summed E-state index contributed by atoms with van der Waals surface area (Å²) in [6.07, 6.45) is 5.98. The second-order valence-electron chi connectivity index (χ2n) is 1.57. The van der Waals surface area contributed by atoms with E-state index in [1.165, 1.54) is 18.4 Å². The summed E-state index contributed by atoms with van der Waals surface area (Å²) in [5, 5.41) is 0. The van der Waals surface area contributed by atoms with E-state index in [1.54, 1.807) is 6.08 Å². The number of hydroxylamine groups is 1. The Morgan fingerprint density at radius 1 is 1.56 bits per heavy atom. The smallest absolute Gasteiger partial charge is 0.179 e. The van der Waals surface area contributed by atoms with E-state index >= 15 is 0 Å². The van der Waals surface area contributed by atoms with Crippen molar-refractivity contribution in [2.75, 3.05) is 6.61 Å². The third-order valence-corrected chi connectivity index (χ3v) is 0.861. The molecule has 0 spiro atoms.